The third-order valence-corrected chi connectivity index (χ3v) is 2.69. The molecule has 1 rings (SSSR count). The summed E-state index contributed by atoms with van der Waals surface area (Å²) in [5.74, 6) is 1.11. The molecule has 2 N–H and O–H groups in total. The van der Waals surface area contributed by atoms with Crippen LogP contribution in [0.1, 0.15) is 32.5 Å². The maximum atomic E-state index is 5.95. The van der Waals surface area contributed by atoms with Crippen molar-refractivity contribution in [1.82, 2.24) is 14.5 Å². The van der Waals surface area contributed by atoms with Gasteiger partial charge in [-0.3, -0.25) is 4.90 Å². The minimum absolute atomic E-state index is 0.0515. The molecule has 0 fully saturated rings. The first-order valence-corrected chi connectivity index (χ1v) is 5.82. The van der Waals surface area contributed by atoms with Gasteiger partial charge in [-0.05, 0) is 40.3 Å². The highest BCUT2D eigenvalue weighted by Crippen LogP contribution is 2.08. The SMILES string of the molecule is CN(CCCC(C)(C)N)Cc1nccn1C. The summed E-state index contributed by atoms with van der Waals surface area (Å²) in [5, 5.41) is 0. The van der Waals surface area contributed by atoms with Crippen molar-refractivity contribution < 1.29 is 0 Å². The first-order valence-electron chi connectivity index (χ1n) is 5.82. The van der Waals surface area contributed by atoms with Crippen LogP contribution in [0.4, 0.5) is 0 Å². The van der Waals surface area contributed by atoms with Crippen molar-refractivity contribution in [2.24, 2.45) is 12.8 Å². The van der Waals surface area contributed by atoms with Gasteiger partial charge in [-0.2, -0.15) is 0 Å². The van der Waals surface area contributed by atoms with Crippen molar-refractivity contribution in [3.05, 3.63) is 18.2 Å². The zero-order valence-electron chi connectivity index (χ0n) is 10.9. The molecular formula is C12H24N4. The maximum absolute atomic E-state index is 5.95. The minimum atomic E-state index is -0.0515. The van der Waals surface area contributed by atoms with Gasteiger partial charge in [0.05, 0.1) is 6.54 Å². The van der Waals surface area contributed by atoms with E-state index >= 15 is 0 Å². The van der Waals surface area contributed by atoms with Crippen LogP contribution in [0, 0.1) is 0 Å². The summed E-state index contributed by atoms with van der Waals surface area (Å²) in [6.07, 6.45) is 6.00. The van der Waals surface area contributed by atoms with Crippen molar-refractivity contribution in [2.45, 2.75) is 38.8 Å². The lowest BCUT2D eigenvalue weighted by Crippen LogP contribution is -2.33. The molecule has 1 heterocycles. The second-order valence-electron chi connectivity index (χ2n) is 5.28. The number of aryl methyl sites for hydroxylation is 1. The Bertz CT molecular complexity index is 311. The summed E-state index contributed by atoms with van der Waals surface area (Å²) in [4.78, 5) is 6.59. The Kier molecular flexibility index (Phi) is 4.50. The van der Waals surface area contributed by atoms with Gasteiger partial charge in [0.25, 0.3) is 0 Å². The fraction of sp³-hybridized carbons (Fsp3) is 0.750. The molecule has 0 unspecified atom stereocenters. The number of rotatable bonds is 6. The van der Waals surface area contributed by atoms with Crippen LogP contribution >= 0.6 is 0 Å². The molecule has 0 bridgehead atoms. The Morgan fingerprint density at radius 3 is 2.69 bits per heavy atom. The molecule has 16 heavy (non-hydrogen) atoms. The maximum Gasteiger partial charge on any atom is 0.122 e. The molecule has 4 heteroatoms. The standard InChI is InChI=1S/C12H24N4/c1-12(2,13)6-5-8-15(3)10-11-14-7-9-16(11)4/h7,9H,5-6,8,10,13H2,1-4H3. The number of imidazole rings is 1. The first-order chi connectivity index (χ1) is 7.38. The van der Waals surface area contributed by atoms with Crippen LogP contribution in [0.25, 0.3) is 0 Å². The van der Waals surface area contributed by atoms with E-state index in [4.69, 9.17) is 5.73 Å². The van der Waals surface area contributed by atoms with Crippen LogP contribution in [-0.2, 0) is 13.6 Å². The Balaban J connectivity index is 2.26. The Labute approximate surface area is 98.5 Å². The van der Waals surface area contributed by atoms with E-state index in [1.165, 1.54) is 0 Å². The van der Waals surface area contributed by atoms with Gasteiger partial charge in [0.2, 0.25) is 0 Å². The predicted molar refractivity (Wildman–Crippen MR) is 67.0 cm³/mol. The highest BCUT2D eigenvalue weighted by Gasteiger charge is 2.11. The number of aromatic nitrogens is 2. The molecule has 0 amide bonds. The van der Waals surface area contributed by atoms with Crippen molar-refractivity contribution in [3.63, 3.8) is 0 Å². The second-order valence-corrected chi connectivity index (χ2v) is 5.28. The molecule has 0 aliphatic rings. The van der Waals surface area contributed by atoms with Crippen LogP contribution in [0.15, 0.2) is 12.4 Å². The molecule has 0 aromatic carbocycles. The highest BCUT2D eigenvalue weighted by molar-refractivity contribution is 4.90. The number of hydrogen-bond donors (Lipinski definition) is 1. The normalized spacial score (nSPS) is 12.4. The monoisotopic (exact) mass is 224 g/mol. The van der Waals surface area contributed by atoms with Crippen LogP contribution in [0.3, 0.4) is 0 Å². The lowest BCUT2D eigenvalue weighted by molar-refractivity contribution is 0.294. The Morgan fingerprint density at radius 1 is 1.50 bits per heavy atom. The van der Waals surface area contributed by atoms with Crippen LogP contribution in [0.2, 0.25) is 0 Å². The zero-order valence-corrected chi connectivity index (χ0v) is 10.9. The first kappa shape index (κ1) is 13.2. The minimum Gasteiger partial charge on any atom is -0.337 e. The van der Waals surface area contributed by atoms with Crippen LogP contribution < -0.4 is 5.73 Å². The van der Waals surface area contributed by atoms with E-state index in [9.17, 15) is 0 Å². The average Bonchev–Trinajstić information content (AvgIpc) is 2.49. The van der Waals surface area contributed by atoms with Crippen molar-refractivity contribution in [2.75, 3.05) is 13.6 Å². The summed E-state index contributed by atoms with van der Waals surface area (Å²) in [6, 6.07) is 0. The third kappa shape index (κ3) is 4.77. The van der Waals surface area contributed by atoms with Crippen molar-refractivity contribution in [3.8, 4) is 0 Å². The summed E-state index contributed by atoms with van der Waals surface area (Å²) in [5.41, 5.74) is 5.90. The Morgan fingerprint density at radius 2 is 2.19 bits per heavy atom. The molecular weight excluding hydrogens is 200 g/mol. The molecule has 0 saturated carbocycles. The molecule has 0 radical (unpaired) electrons. The molecule has 0 aliphatic carbocycles. The Hall–Kier alpha value is -0.870. The van der Waals surface area contributed by atoms with Crippen LogP contribution in [0.5, 0.6) is 0 Å². The molecule has 1 aromatic heterocycles. The highest BCUT2D eigenvalue weighted by atomic mass is 15.1. The van der Waals surface area contributed by atoms with E-state index in [2.05, 4.69) is 35.3 Å². The largest absolute Gasteiger partial charge is 0.337 e. The van der Waals surface area contributed by atoms with E-state index in [-0.39, 0.29) is 5.54 Å². The number of nitrogens with two attached hydrogens (primary N) is 1. The van der Waals surface area contributed by atoms with Gasteiger partial charge in [0.1, 0.15) is 5.82 Å². The molecule has 0 spiro atoms. The van der Waals surface area contributed by atoms with E-state index in [0.717, 1.165) is 31.8 Å². The summed E-state index contributed by atoms with van der Waals surface area (Å²) in [6.45, 7) is 6.11. The van der Waals surface area contributed by atoms with Gasteiger partial charge in [-0.25, -0.2) is 4.98 Å². The lowest BCUT2D eigenvalue weighted by Gasteiger charge is -2.21. The summed E-state index contributed by atoms with van der Waals surface area (Å²) < 4.78 is 2.06. The van der Waals surface area contributed by atoms with Crippen molar-refractivity contribution >= 4 is 0 Å². The quantitative estimate of drug-likeness (QED) is 0.794. The molecule has 4 nitrogen and oxygen atoms in total. The van der Waals surface area contributed by atoms with Crippen LogP contribution in [-0.4, -0.2) is 33.6 Å². The van der Waals surface area contributed by atoms with Gasteiger partial charge in [-0.15, -0.1) is 0 Å². The molecule has 0 atom stereocenters. The molecule has 92 valence electrons. The van der Waals surface area contributed by atoms with E-state index in [1.54, 1.807) is 0 Å². The summed E-state index contributed by atoms with van der Waals surface area (Å²) >= 11 is 0. The fourth-order valence-corrected chi connectivity index (χ4v) is 1.67. The van der Waals surface area contributed by atoms with Gasteiger partial charge >= 0.3 is 0 Å². The lowest BCUT2D eigenvalue weighted by atomic mass is 10.0. The predicted octanol–water partition coefficient (Wildman–Crippen LogP) is 1.37. The van der Waals surface area contributed by atoms with E-state index in [1.807, 2.05) is 19.4 Å². The smallest absolute Gasteiger partial charge is 0.122 e. The summed E-state index contributed by atoms with van der Waals surface area (Å²) in [7, 11) is 4.15. The topological polar surface area (TPSA) is 47.1 Å². The molecule has 0 saturated heterocycles. The number of nitrogens with zero attached hydrogens (tertiary/aromatic N) is 3. The van der Waals surface area contributed by atoms with Gasteiger partial charge in [0, 0.05) is 25.0 Å². The molecule has 1 aromatic rings. The number of hydrogen-bond acceptors (Lipinski definition) is 3. The van der Waals surface area contributed by atoms with Gasteiger partial charge in [-0.1, -0.05) is 0 Å². The zero-order chi connectivity index (χ0) is 12.2. The van der Waals surface area contributed by atoms with E-state index in [0.29, 0.717) is 0 Å². The third-order valence-electron chi connectivity index (χ3n) is 2.69. The fourth-order valence-electron chi connectivity index (χ4n) is 1.67. The van der Waals surface area contributed by atoms with Gasteiger partial charge < -0.3 is 10.3 Å². The average molecular weight is 224 g/mol. The second kappa shape index (κ2) is 5.46. The van der Waals surface area contributed by atoms with Crippen molar-refractivity contribution in [1.29, 1.82) is 0 Å². The van der Waals surface area contributed by atoms with Gasteiger partial charge in [0.15, 0.2) is 0 Å². The van der Waals surface area contributed by atoms with E-state index < -0.39 is 0 Å². The molecule has 0 aliphatic heterocycles.